The second-order valence-corrected chi connectivity index (χ2v) is 11.8. The molecule has 0 aromatic rings. The van der Waals surface area contributed by atoms with Crippen molar-refractivity contribution in [2.75, 3.05) is 19.8 Å². The predicted molar refractivity (Wildman–Crippen MR) is 127 cm³/mol. The van der Waals surface area contributed by atoms with Gasteiger partial charge in [0.2, 0.25) is 0 Å². The number of aliphatic hydroxyl groups is 1. The zero-order valence-corrected chi connectivity index (χ0v) is 21.0. The van der Waals surface area contributed by atoms with E-state index in [1.165, 1.54) is 32.1 Å². The molecule has 3 aliphatic carbocycles. The van der Waals surface area contributed by atoms with Crippen LogP contribution in [0.15, 0.2) is 11.6 Å². The number of aliphatic hydroxyl groups excluding tert-OH is 1. The molecule has 0 spiro atoms. The quantitative estimate of drug-likeness (QED) is 0.534. The molecule has 5 rings (SSSR count). The van der Waals surface area contributed by atoms with Gasteiger partial charge in [-0.2, -0.15) is 0 Å². The minimum atomic E-state index is 0.302. The Balaban J connectivity index is 0.00000112. The Morgan fingerprint density at radius 3 is 2.71 bits per heavy atom. The van der Waals surface area contributed by atoms with Crippen LogP contribution < -0.4 is 0 Å². The smallest absolute Gasteiger partial charge is 0.0682 e. The largest absolute Gasteiger partial charge is 0.396 e. The molecule has 5 unspecified atom stereocenters. The Kier molecular flexibility index (Phi) is 6.98. The van der Waals surface area contributed by atoms with E-state index in [9.17, 15) is 5.11 Å². The first-order valence-corrected chi connectivity index (χ1v) is 13.4. The molecule has 0 radical (unpaired) electrons. The van der Waals surface area contributed by atoms with E-state index >= 15 is 0 Å². The van der Waals surface area contributed by atoms with Gasteiger partial charge in [0.15, 0.2) is 0 Å². The van der Waals surface area contributed by atoms with Gasteiger partial charge >= 0.3 is 0 Å². The van der Waals surface area contributed by atoms with E-state index in [0.29, 0.717) is 41.5 Å². The zero-order chi connectivity index (χ0) is 22.4. The Morgan fingerprint density at radius 1 is 1.19 bits per heavy atom. The van der Waals surface area contributed by atoms with E-state index in [1.54, 1.807) is 5.57 Å². The van der Waals surface area contributed by atoms with E-state index in [4.69, 9.17) is 9.47 Å². The van der Waals surface area contributed by atoms with Crippen molar-refractivity contribution in [3.63, 3.8) is 0 Å². The summed E-state index contributed by atoms with van der Waals surface area (Å²) in [5.74, 6) is 4.30. The van der Waals surface area contributed by atoms with Gasteiger partial charge in [-0.1, -0.05) is 47.6 Å². The van der Waals surface area contributed by atoms with Crippen LogP contribution in [0.2, 0.25) is 0 Å². The van der Waals surface area contributed by atoms with Gasteiger partial charge in [-0.3, -0.25) is 0 Å². The van der Waals surface area contributed by atoms with Crippen LogP contribution in [0.4, 0.5) is 0 Å². The lowest BCUT2D eigenvalue weighted by molar-refractivity contribution is -0.0686. The van der Waals surface area contributed by atoms with Crippen molar-refractivity contribution in [3.8, 4) is 0 Å². The molecule has 2 heterocycles. The molecule has 0 amide bonds. The molecular weight excluding hydrogens is 384 g/mol. The van der Waals surface area contributed by atoms with Gasteiger partial charge in [0.25, 0.3) is 0 Å². The Labute approximate surface area is 191 Å². The molecule has 0 aromatic heterocycles. The number of hydrogen-bond donors (Lipinski definition) is 1. The maximum atomic E-state index is 9.39. The second kappa shape index (κ2) is 9.11. The monoisotopic (exact) mass is 432 g/mol. The summed E-state index contributed by atoms with van der Waals surface area (Å²) in [6, 6.07) is 0. The fraction of sp³-hybridized carbons (Fsp3) is 0.929. The highest BCUT2D eigenvalue weighted by Crippen LogP contribution is 2.68. The summed E-state index contributed by atoms with van der Waals surface area (Å²) in [7, 11) is 0. The average Bonchev–Trinajstić information content (AvgIpc) is 3.26. The van der Waals surface area contributed by atoms with E-state index in [2.05, 4.69) is 33.8 Å². The lowest BCUT2D eigenvalue weighted by Crippen LogP contribution is -2.51. The highest BCUT2D eigenvalue weighted by molar-refractivity contribution is 5.25. The van der Waals surface area contributed by atoms with Crippen LogP contribution >= 0.6 is 0 Å². The highest BCUT2D eigenvalue weighted by Gasteiger charge is 2.64. The third kappa shape index (κ3) is 3.75. The van der Waals surface area contributed by atoms with Crippen LogP contribution in [0.3, 0.4) is 0 Å². The highest BCUT2D eigenvalue weighted by atomic mass is 16.5. The number of ether oxygens (including phenoxy) is 2. The number of fused-ring (bicyclic) bond motifs is 7. The molecule has 3 nitrogen and oxygen atoms in total. The lowest BCUT2D eigenvalue weighted by atomic mass is 9.48. The van der Waals surface area contributed by atoms with E-state index in [0.717, 1.165) is 49.7 Å². The Hall–Kier alpha value is -0.380. The van der Waals surface area contributed by atoms with E-state index in [-0.39, 0.29) is 0 Å². The third-order valence-corrected chi connectivity index (χ3v) is 10.5. The van der Waals surface area contributed by atoms with Gasteiger partial charge in [0, 0.05) is 13.2 Å². The van der Waals surface area contributed by atoms with Crippen molar-refractivity contribution >= 4 is 0 Å². The van der Waals surface area contributed by atoms with Crippen LogP contribution in [0.5, 0.6) is 0 Å². The average molecular weight is 433 g/mol. The van der Waals surface area contributed by atoms with Gasteiger partial charge in [0.1, 0.15) is 0 Å². The lowest BCUT2D eigenvalue weighted by Gasteiger charge is -2.57. The van der Waals surface area contributed by atoms with Crippen LogP contribution in [-0.2, 0) is 9.47 Å². The molecule has 4 fully saturated rings. The Morgan fingerprint density at radius 2 is 1.97 bits per heavy atom. The molecule has 3 heteroatoms. The molecule has 0 bridgehead atoms. The standard InChI is InChI=1S/C26H42O3.C2H6/c1-16(14-27)5-8-22-17(2)24-23(29-22)13-21-19-7-6-18-15-28-12-11-25(18,3)20(19)9-10-26(21,24)4;1-2/h6,16-17,19-24,27H,5,7-15H2,1-4H3;1-2H3/t16-,17-,19?,20+,21+,22?,23+,24?,25?,26?;/m1./s1. The van der Waals surface area contributed by atoms with Crippen molar-refractivity contribution < 1.29 is 14.6 Å². The zero-order valence-electron chi connectivity index (χ0n) is 21.0. The normalized spacial score (nSPS) is 49.0. The first kappa shape index (κ1) is 23.8. The Bertz CT molecular complexity index is 659. The molecule has 31 heavy (non-hydrogen) atoms. The SMILES string of the molecule is CC.C[C@@H](CO)CCC1O[C@H]2C[C@H]3C4CC=C5COCCC5(C)[C@H]4CCC3(C)C2[C@@H]1C. The molecule has 5 aliphatic rings. The van der Waals surface area contributed by atoms with Gasteiger partial charge in [0.05, 0.1) is 18.8 Å². The topological polar surface area (TPSA) is 38.7 Å². The van der Waals surface area contributed by atoms with E-state index < -0.39 is 0 Å². The van der Waals surface area contributed by atoms with Gasteiger partial charge in [-0.25, -0.2) is 0 Å². The van der Waals surface area contributed by atoms with Crippen molar-refractivity contribution in [1.82, 2.24) is 0 Å². The molecule has 2 aliphatic heterocycles. The second-order valence-electron chi connectivity index (χ2n) is 11.8. The third-order valence-electron chi connectivity index (χ3n) is 10.5. The van der Waals surface area contributed by atoms with Crippen LogP contribution in [-0.4, -0.2) is 37.1 Å². The summed E-state index contributed by atoms with van der Waals surface area (Å²) in [4.78, 5) is 0. The summed E-state index contributed by atoms with van der Waals surface area (Å²) in [5.41, 5.74) is 2.44. The van der Waals surface area contributed by atoms with Crippen molar-refractivity contribution in [2.24, 2.45) is 46.3 Å². The first-order chi connectivity index (χ1) is 14.9. The molecule has 2 saturated carbocycles. The summed E-state index contributed by atoms with van der Waals surface area (Å²) < 4.78 is 12.6. The molecule has 178 valence electrons. The van der Waals surface area contributed by atoms with Crippen LogP contribution in [0.1, 0.15) is 86.5 Å². The number of rotatable bonds is 4. The van der Waals surface area contributed by atoms with Gasteiger partial charge < -0.3 is 14.6 Å². The van der Waals surface area contributed by atoms with Crippen molar-refractivity contribution in [1.29, 1.82) is 0 Å². The molecule has 0 aromatic carbocycles. The molecule has 1 N–H and O–H groups in total. The van der Waals surface area contributed by atoms with Gasteiger partial charge in [-0.15, -0.1) is 0 Å². The van der Waals surface area contributed by atoms with Crippen LogP contribution in [0.25, 0.3) is 0 Å². The van der Waals surface area contributed by atoms with Crippen molar-refractivity contribution in [3.05, 3.63) is 11.6 Å². The number of hydrogen-bond acceptors (Lipinski definition) is 3. The predicted octanol–water partition coefficient (Wildman–Crippen LogP) is 6.25. The van der Waals surface area contributed by atoms with Crippen LogP contribution in [0, 0.1) is 46.3 Å². The van der Waals surface area contributed by atoms with E-state index in [1.807, 2.05) is 13.8 Å². The summed E-state index contributed by atoms with van der Waals surface area (Å²) in [6.45, 7) is 15.9. The fourth-order valence-electron chi connectivity index (χ4n) is 8.75. The minimum absolute atomic E-state index is 0.302. The maximum Gasteiger partial charge on any atom is 0.0682 e. The first-order valence-electron chi connectivity index (χ1n) is 13.4. The summed E-state index contributed by atoms with van der Waals surface area (Å²) in [5, 5.41) is 9.39. The maximum absolute atomic E-state index is 9.39. The summed E-state index contributed by atoms with van der Waals surface area (Å²) >= 11 is 0. The minimum Gasteiger partial charge on any atom is -0.396 e. The summed E-state index contributed by atoms with van der Waals surface area (Å²) in [6.07, 6.45) is 12.2. The molecule has 10 atom stereocenters. The molecular formula is C28H48O3. The fourth-order valence-corrected chi connectivity index (χ4v) is 8.75. The van der Waals surface area contributed by atoms with Crippen molar-refractivity contribution in [2.45, 2.75) is 98.7 Å². The van der Waals surface area contributed by atoms with Gasteiger partial charge in [-0.05, 0) is 96.9 Å². The molecule has 2 saturated heterocycles. The number of allylic oxidation sites excluding steroid dienone is 1.